The zero-order chi connectivity index (χ0) is 20.5. The van der Waals surface area contributed by atoms with Gasteiger partial charge in [0.2, 0.25) is 0 Å². The van der Waals surface area contributed by atoms with E-state index in [9.17, 15) is 19.8 Å². The Kier molecular flexibility index (Phi) is 6.19. The summed E-state index contributed by atoms with van der Waals surface area (Å²) in [6, 6.07) is 3.11. The lowest BCUT2D eigenvalue weighted by molar-refractivity contribution is 0.428. The van der Waals surface area contributed by atoms with Gasteiger partial charge in [0.05, 0.1) is 11.1 Å². The second kappa shape index (κ2) is 8.03. The van der Waals surface area contributed by atoms with E-state index in [1.165, 1.54) is 0 Å². The highest BCUT2D eigenvalue weighted by Crippen LogP contribution is 2.36. The van der Waals surface area contributed by atoms with Crippen LogP contribution in [0.4, 0.5) is 0 Å². The second-order valence-corrected chi connectivity index (χ2v) is 7.45. The van der Waals surface area contributed by atoms with Gasteiger partial charge in [0, 0.05) is 30.4 Å². The summed E-state index contributed by atoms with van der Waals surface area (Å²) in [7, 11) is 0. The van der Waals surface area contributed by atoms with E-state index in [-0.39, 0.29) is 39.7 Å². The molecule has 0 amide bonds. The Morgan fingerprint density at radius 3 is 1.52 bits per heavy atom. The second-order valence-electron chi connectivity index (χ2n) is 7.45. The van der Waals surface area contributed by atoms with Gasteiger partial charge in [-0.3, -0.25) is 9.59 Å². The third-order valence-corrected chi connectivity index (χ3v) is 5.08. The summed E-state index contributed by atoms with van der Waals surface area (Å²) < 4.78 is 3.15. The van der Waals surface area contributed by atoms with Crippen molar-refractivity contribution in [3.63, 3.8) is 0 Å². The summed E-state index contributed by atoms with van der Waals surface area (Å²) in [5.74, 6) is -0.785. The number of nitrogens with zero attached hydrogens (tertiary/aromatic N) is 2. The molecule has 2 aromatic rings. The van der Waals surface area contributed by atoms with Gasteiger partial charge >= 0.3 is 0 Å². The third-order valence-electron chi connectivity index (χ3n) is 5.08. The number of aromatic hydroxyl groups is 2. The largest absolute Gasteiger partial charge is 0.507 e. The molecule has 6 heteroatoms. The summed E-state index contributed by atoms with van der Waals surface area (Å²) in [4.78, 5) is 26.2. The summed E-state index contributed by atoms with van der Waals surface area (Å²) in [5, 5.41) is 21.2. The van der Waals surface area contributed by atoms with Gasteiger partial charge in [-0.2, -0.15) is 0 Å². The van der Waals surface area contributed by atoms with E-state index < -0.39 is 5.92 Å². The van der Waals surface area contributed by atoms with Crippen LogP contribution in [0.2, 0.25) is 0 Å². The molecule has 0 aromatic carbocycles. The lowest BCUT2D eigenvalue weighted by Gasteiger charge is -2.23. The van der Waals surface area contributed by atoms with Gasteiger partial charge in [-0.05, 0) is 52.2 Å². The monoisotopic (exact) mass is 374 g/mol. The van der Waals surface area contributed by atoms with Crippen LogP contribution in [0.5, 0.6) is 11.5 Å². The van der Waals surface area contributed by atoms with E-state index in [1.807, 2.05) is 27.7 Å². The molecule has 2 aromatic heterocycles. The molecule has 0 aliphatic rings. The van der Waals surface area contributed by atoms with Crippen molar-refractivity contribution in [1.29, 1.82) is 0 Å². The molecular formula is C21H30N2O4. The van der Waals surface area contributed by atoms with Crippen molar-refractivity contribution in [3.8, 4) is 11.5 Å². The van der Waals surface area contributed by atoms with Crippen LogP contribution in [0.15, 0.2) is 21.7 Å². The number of rotatable bonds is 6. The summed E-state index contributed by atoms with van der Waals surface area (Å²) in [5.41, 5.74) is 1.04. The maximum Gasteiger partial charge on any atom is 0.258 e. The Hall–Kier alpha value is -2.50. The van der Waals surface area contributed by atoms with Crippen LogP contribution < -0.4 is 11.1 Å². The Bertz CT molecular complexity index is 881. The van der Waals surface area contributed by atoms with Gasteiger partial charge in [0.15, 0.2) is 0 Å². The van der Waals surface area contributed by atoms with Gasteiger partial charge in [0.25, 0.3) is 11.1 Å². The fourth-order valence-electron chi connectivity index (χ4n) is 3.83. The lowest BCUT2D eigenvalue weighted by Crippen LogP contribution is -2.32. The first-order valence-electron chi connectivity index (χ1n) is 9.50. The SMILES string of the molecule is CCn1c(C)cc(O)c(C(CC(C)C)c2c(O)cc(C)n(CC)c2=O)c1=O. The minimum Gasteiger partial charge on any atom is -0.507 e. The summed E-state index contributed by atoms with van der Waals surface area (Å²) in [6.07, 6.45) is 0.463. The Morgan fingerprint density at radius 1 is 0.852 bits per heavy atom. The van der Waals surface area contributed by atoms with Crippen LogP contribution in [0.3, 0.4) is 0 Å². The van der Waals surface area contributed by atoms with Crippen molar-refractivity contribution in [1.82, 2.24) is 9.13 Å². The highest BCUT2D eigenvalue weighted by molar-refractivity contribution is 5.46. The first-order valence-corrected chi connectivity index (χ1v) is 9.50. The molecule has 2 heterocycles. The van der Waals surface area contributed by atoms with Crippen LogP contribution in [0.25, 0.3) is 0 Å². The normalized spacial score (nSPS) is 11.6. The van der Waals surface area contributed by atoms with Crippen molar-refractivity contribution in [2.45, 2.75) is 67.0 Å². The highest BCUT2D eigenvalue weighted by Gasteiger charge is 2.29. The molecule has 0 bridgehead atoms. The number of aromatic nitrogens is 2. The van der Waals surface area contributed by atoms with Crippen molar-refractivity contribution in [3.05, 3.63) is 55.4 Å². The Morgan fingerprint density at radius 2 is 1.22 bits per heavy atom. The van der Waals surface area contributed by atoms with Crippen LogP contribution in [-0.4, -0.2) is 19.3 Å². The molecule has 6 nitrogen and oxygen atoms in total. The molecule has 27 heavy (non-hydrogen) atoms. The van der Waals surface area contributed by atoms with Crippen molar-refractivity contribution in [2.24, 2.45) is 5.92 Å². The fraction of sp³-hybridized carbons (Fsp3) is 0.524. The van der Waals surface area contributed by atoms with Crippen molar-refractivity contribution < 1.29 is 10.2 Å². The minimum absolute atomic E-state index is 0.129. The van der Waals surface area contributed by atoms with E-state index >= 15 is 0 Å². The zero-order valence-corrected chi connectivity index (χ0v) is 17.0. The molecule has 0 aliphatic heterocycles. The molecule has 0 spiro atoms. The van der Waals surface area contributed by atoms with E-state index in [2.05, 4.69) is 0 Å². The molecule has 0 saturated heterocycles. The first kappa shape index (κ1) is 20.8. The van der Waals surface area contributed by atoms with Crippen LogP contribution in [-0.2, 0) is 13.1 Å². The maximum absolute atomic E-state index is 13.1. The predicted molar refractivity (Wildman–Crippen MR) is 107 cm³/mol. The minimum atomic E-state index is -0.679. The molecule has 0 unspecified atom stereocenters. The Labute approximate surface area is 159 Å². The summed E-state index contributed by atoms with van der Waals surface area (Å²) in [6.45, 7) is 12.1. The zero-order valence-electron chi connectivity index (χ0n) is 17.0. The molecule has 0 aliphatic carbocycles. The standard InChI is InChI=1S/C21H30N2O4/c1-7-22-13(5)10-16(24)18(20(22)26)15(9-12(3)4)19-17(25)11-14(6)23(8-2)21(19)27/h10-12,15,24-25H,7-9H2,1-6H3. The third kappa shape index (κ3) is 3.80. The van der Waals surface area contributed by atoms with Crippen LogP contribution >= 0.6 is 0 Å². The smallest absolute Gasteiger partial charge is 0.258 e. The van der Waals surface area contributed by atoms with Gasteiger partial charge in [-0.15, -0.1) is 0 Å². The molecule has 0 fully saturated rings. The maximum atomic E-state index is 13.1. The molecular weight excluding hydrogens is 344 g/mol. The first-order chi connectivity index (χ1) is 12.6. The predicted octanol–water partition coefficient (Wildman–Crippen LogP) is 3.26. The van der Waals surface area contributed by atoms with E-state index in [1.54, 1.807) is 35.1 Å². The van der Waals surface area contributed by atoms with E-state index in [0.717, 1.165) is 0 Å². The van der Waals surface area contributed by atoms with Gasteiger partial charge in [0.1, 0.15) is 11.5 Å². The highest BCUT2D eigenvalue weighted by atomic mass is 16.3. The average molecular weight is 374 g/mol. The molecule has 2 N–H and O–H groups in total. The molecule has 0 saturated carbocycles. The number of hydrogen-bond acceptors (Lipinski definition) is 4. The molecule has 2 rings (SSSR count). The lowest BCUT2D eigenvalue weighted by atomic mass is 9.84. The molecule has 148 valence electrons. The van der Waals surface area contributed by atoms with Crippen LogP contribution in [0.1, 0.15) is 62.5 Å². The number of aryl methyl sites for hydroxylation is 2. The summed E-state index contributed by atoms with van der Waals surface area (Å²) >= 11 is 0. The molecule has 0 atom stereocenters. The number of pyridine rings is 2. The average Bonchev–Trinajstić information content (AvgIpc) is 2.53. The van der Waals surface area contributed by atoms with Gasteiger partial charge in [-0.25, -0.2) is 0 Å². The molecule has 0 radical (unpaired) electrons. The Balaban J connectivity index is 2.89. The quantitative estimate of drug-likeness (QED) is 0.813. The fourth-order valence-corrected chi connectivity index (χ4v) is 3.83. The van der Waals surface area contributed by atoms with Gasteiger partial charge in [-0.1, -0.05) is 13.8 Å². The number of hydrogen-bond donors (Lipinski definition) is 2. The van der Waals surface area contributed by atoms with E-state index in [4.69, 9.17) is 0 Å². The van der Waals surface area contributed by atoms with Crippen molar-refractivity contribution in [2.75, 3.05) is 0 Å². The topological polar surface area (TPSA) is 84.5 Å². The van der Waals surface area contributed by atoms with Crippen molar-refractivity contribution >= 4 is 0 Å². The van der Waals surface area contributed by atoms with Gasteiger partial charge < -0.3 is 19.3 Å². The van der Waals surface area contributed by atoms with Crippen LogP contribution in [0, 0.1) is 19.8 Å². The van der Waals surface area contributed by atoms with E-state index in [0.29, 0.717) is 30.9 Å².